The Morgan fingerprint density at radius 1 is 0.889 bits per heavy atom. The van der Waals surface area contributed by atoms with Crippen LogP contribution in [0.4, 0.5) is 0 Å². The molecule has 0 aromatic rings. The van der Waals surface area contributed by atoms with E-state index in [0.29, 0.717) is 52.7 Å². The average molecular weight is 265 g/mol. The SMILES string of the molecule is COCCOCCOCCOCCC(C)(O)CN. The predicted molar refractivity (Wildman–Crippen MR) is 68.6 cm³/mol. The summed E-state index contributed by atoms with van der Waals surface area (Å²) < 4.78 is 20.7. The predicted octanol–water partition coefficient (Wildman–Crippen LogP) is -0.218. The van der Waals surface area contributed by atoms with Crippen molar-refractivity contribution in [2.45, 2.75) is 18.9 Å². The molecule has 0 rings (SSSR count). The first-order chi connectivity index (χ1) is 8.62. The fourth-order valence-corrected chi connectivity index (χ4v) is 1.08. The molecule has 0 aliphatic rings. The molecule has 18 heavy (non-hydrogen) atoms. The fourth-order valence-electron chi connectivity index (χ4n) is 1.08. The summed E-state index contributed by atoms with van der Waals surface area (Å²) in [5.74, 6) is 0. The molecular formula is C12H27NO5. The van der Waals surface area contributed by atoms with Crippen LogP contribution in [0.1, 0.15) is 13.3 Å². The second-order valence-electron chi connectivity index (χ2n) is 4.28. The zero-order valence-corrected chi connectivity index (χ0v) is 11.5. The monoisotopic (exact) mass is 265 g/mol. The summed E-state index contributed by atoms with van der Waals surface area (Å²) in [6, 6.07) is 0. The molecule has 0 saturated carbocycles. The second kappa shape index (κ2) is 11.8. The van der Waals surface area contributed by atoms with Crippen LogP contribution in [0.3, 0.4) is 0 Å². The Kier molecular flexibility index (Phi) is 11.7. The van der Waals surface area contributed by atoms with Gasteiger partial charge in [-0.3, -0.25) is 0 Å². The van der Waals surface area contributed by atoms with Crippen LogP contribution in [0.5, 0.6) is 0 Å². The molecule has 0 aromatic heterocycles. The second-order valence-corrected chi connectivity index (χ2v) is 4.28. The van der Waals surface area contributed by atoms with Crippen LogP contribution in [0, 0.1) is 0 Å². The minimum absolute atomic E-state index is 0.242. The summed E-state index contributed by atoms with van der Waals surface area (Å²) in [6.45, 7) is 5.76. The van der Waals surface area contributed by atoms with Crippen molar-refractivity contribution < 1.29 is 24.1 Å². The van der Waals surface area contributed by atoms with Crippen LogP contribution in [-0.2, 0) is 18.9 Å². The molecular weight excluding hydrogens is 238 g/mol. The summed E-state index contributed by atoms with van der Waals surface area (Å²) >= 11 is 0. The van der Waals surface area contributed by atoms with Crippen molar-refractivity contribution in [1.29, 1.82) is 0 Å². The molecule has 0 saturated heterocycles. The van der Waals surface area contributed by atoms with E-state index in [1.54, 1.807) is 14.0 Å². The van der Waals surface area contributed by atoms with Crippen LogP contribution in [-0.4, -0.2) is 70.6 Å². The largest absolute Gasteiger partial charge is 0.389 e. The van der Waals surface area contributed by atoms with E-state index >= 15 is 0 Å². The molecule has 0 radical (unpaired) electrons. The van der Waals surface area contributed by atoms with Gasteiger partial charge in [0.05, 0.1) is 45.2 Å². The first kappa shape index (κ1) is 17.8. The molecule has 6 heteroatoms. The van der Waals surface area contributed by atoms with Crippen LogP contribution >= 0.6 is 0 Å². The van der Waals surface area contributed by atoms with E-state index in [1.807, 2.05) is 0 Å². The zero-order chi connectivity index (χ0) is 13.7. The zero-order valence-electron chi connectivity index (χ0n) is 11.5. The maximum Gasteiger partial charge on any atom is 0.0763 e. The van der Waals surface area contributed by atoms with Gasteiger partial charge in [0.25, 0.3) is 0 Å². The highest BCUT2D eigenvalue weighted by Crippen LogP contribution is 2.06. The van der Waals surface area contributed by atoms with Crippen LogP contribution in [0.2, 0.25) is 0 Å². The van der Waals surface area contributed by atoms with Crippen molar-refractivity contribution in [2.24, 2.45) is 5.73 Å². The van der Waals surface area contributed by atoms with Crippen molar-refractivity contribution in [3.05, 3.63) is 0 Å². The Bertz CT molecular complexity index is 178. The first-order valence-corrected chi connectivity index (χ1v) is 6.27. The fraction of sp³-hybridized carbons (Fsp3) is 1.00. The third-order valence-corrected chi connectivity index (χ3v) is 2.40. The highest BCUT2D eigenvalue weighted by atomic mass is 16.6. The number of rotatable bonds is 13. The highest BCUT2D eigenvalue weighted by Gasteiger charge is 2.16. The molecule has 0 aromatic carbocycles. The number of nitrogens with two attached hydrogens (primary N) is 1. The van der Waals surface area contributed by atoms with E-state index in [1.165, 1.54) is 0 Å². The normalized spacial score (nSPS) is 14.7. The van der Waals surface area contributed by atoms with E-state index in [2.05, 4.69) is 0 Å². The maximum atomic E-state index is 9.60. The van der Waals surface area contributed by atoms with E-state index in [9.17, 15) is 5.11 Å². The summed E-state index contributed by atoms with van der Waals surface area (Å²) in [5.41, 5.74) is 4.55. The van der Waals surface area contributed by atoms with Gasteiger partial charge < -0.3 is 29.8 Å². The molecule has 3 N–H and O–H groups in total. The number of hydrogen-bond acceptors (Lipinski definition) is 6. The maximum absolute atomic E-state index is 9.60. The molecule has 0 aliphatic heterocycles. The quantitative estimate of drug-likeness (QED) is 0.448. The van der Waals surface area contributed by atoms with Crippen molar-refractivity contribution in [3.8, 4) is 0 Å². The van der Waals surface area contributed by atoms with E-state index in [-0.39, 0.29) is 6.54 Å². The van der Waals surface area contributed by atoms with Gasteiger partial charge in [0.15, 0.2) is 0 Å². The highest BCUT2D eigenvalue weighted by molar-refractivity contribution is 4.72. The number of hydrogen-bond donors (Lipinski definition) is 2. The van der Waals surface area contributed by atoms with Gasteiger partial charge in [0.2, 0.25) is 0 Å². The third kappa shape index (κ3) is 12.2. The first-order valence-electron chi connectivity index (χ1n) is 6.27. The van der Waals surface area contributed by atoms with Gasteiger partial charge in [-0.15, -0.1) is 0 Å². The molecule has 1 atom stereocenters. The summed E-state index contributed by atoms with van der Waals surface area (Å²) in [5, 5.41) is 9.60. The molecule has 6 nitrogen and oxygen atoms in total. The summed E-state index contributed by atoms with van der Waals surface area (Å²) in [7, 11) is 1.64. The van der Waals surface area contributed by atoms with Gasteiger partial charge >= 0.3 is 0 Å². The Morgan fingerprint density at radius 2 is 1.33 bits per heavy atom. The third-order valence-electron chi connectivity index (χ3n) is 2.40. The van der Waals surface area contributed by atoms with Crippen molar-refractivity contribution in [3.63, 3.8) is 0 Å². The Hall–Kier alpha value is -0.240. The lowest BCUT2D eigenvalue weighted by Crippen LogP contribution is -2.35. The summed E-state index contributed by atoms with van der Waals surface area (Å²) in [4.78, 5) is 0. The molecule has 1 unspecified atom stereocenters. The Morgan fingerprint density at radius 3 is 1.78 bits per heavy atom. The molecule has 0 aliphatic carbocycles. The smallest absolute Gasteiger partial charge is 0.0763 e. The van der Waals surface area contributed by atoms with Gasteiger partial charge in [-0.2, -0.15) is 0 Å². The van der Waals surface area contributed by atoms with Gasteiger partial charge in [0.1, 0.15) is 0 Å². The molecule has 0 fully saturated rings. The average Bonchev–Trinajstić information content (AvgIpc) is 2.36. The van der Waals surface area contributed by atoms with Gasteiger partial charge in [-0.25, -0.2) is 0 Å². The molecule has 0 spiro atoms. The topological polar surface area (TPSA) is 83.2 Å². The molecule has 110 valence electrons. The van der Waals surface area contributed by atoms with Gasteiger partial charge in [-0.1, -0.05) is 0 Å². The van der Waals surface area contributed by atoms with E-state index in [0.717, 1.165) is 0 Å². The molecule has 0 heterocycles. The minimum Gasteiger partial charge on any atom is -0.389 e. The Balaban J connectivity index is 3.08. The van der Waals surface area contributed by atoms with Crippen molar-refractivity contribution in [1.82, 2.24) is 0 Å². The lowest BCUT2D eigenvalue weighted by Gasteiger charge is -2.20. The molecule has 0 bridgehead atoms. The number of ether oxygens (including phenoxy) is 4. The van der Waals surface area contributed by atoms with Gasteiger partial charge in [0, 0.05) is 26.7 Å². The van der Waals surface area contributed by atoms with Gasteiger partial charge in [-0.05, 0) is 6.92 Å². The minimum atomic E-state index is -0.837. The van der Waals surface area contributed by atoms with Crippen molar-refractivity contribution in [2.75, 3.05) is 59.9 Å². The van der Waals surface area contributed by atoms with E-state index < -0.39 is 5.60 Å². The lowest BCUT2D eigenvalue weighted by molar-refractivity contribution is -0.0120. The standard InChI is InChI=1S/C12H27NO5/c1-12(14,11-13)3-4-16-7-8-18-10-9-17-6-5-15-2/h14H,3-11,13H2,1-2H3. The van der Waals surface area contributed by atoms with E-state index in [4.69, 9.17) is 24.7 Å². The Labute approximate surface area is 109 Å². The van der Waals surface area contributed by atoms with Crippen LogP contribution in [0.25, 0.3) is 0 Å². The van der Waals surface area contributed by atoms with Crippen molar-refractivity contribution >= 4 is 0 Å². The number of methoxy groups -OCH3 is 1. The van der Waals surface area contributed by atoms with Crippen LogP contribution in [0.15, 0.2) is 0 Å². The van der Waals surface area contributed by atoms with Crippen LogP contribution < -0.4 is 5.73 Å². The summed E-state index contributed by atoms with van der Waals surface area (Å²) in [6.07, 6.45) is 0.531. The molecule has 0 amide bonds. The number of aliphatic hydroxyl groups is 1. The lowest BCUT2D eigenvalue weighted by atomic mass is 10.0.